The molecule has 0 aliphatic carbocycles. The molecule has 0 N–H and O–H groups in total. The van der Waals surface area contributed by atoms with Crippen LogP contribution in [0.15, 0.2) is 174 Å². The zero-order valence-electron chi connectivity index (χ0n) is 26.9. The first-order valence-corrected chi connectivity index (χ1v) is 16.7. The van der Waals surface area contributed by atoms with Gasteiger partial charge in [-0.15, -0.1) is 0 Å². The predicted octanol–water partition coefficient (Wildman–Crippen LogP) is 11.5. The van der Waals surface area contributed by atoms with Crippen LogP contribution in [0.4, 0.5) is 0 Å². The largest absolute Gasteiger partial charge is 0.456 e. The maximum absolute atomic E-state index is 6.26. The Balaban J connectivity index is 1.25. The van der Waals surface area contributed by atoms with Gasteiger partial charge in [-0.1, -0.05) is 133 Å². The average molecular weight is 641 g/mol. The molecule has 5 heteroatoms. The van der Waals surface area contributed by atoms with Crippen molar-refractivity contribution in [2.75, 3.05) is 0 Å². The molecule has 10 aromatic rings. The van der Waals surface area contributed by atoms with Crippen LogP contribution in [-0.4, -0.2) is 19.5 Å². The van der Waals surface area contributed by atoms with Gasteiger partial charge in [-0.3, -0.25) is 0 Å². The van der Waals surface area contributed by atoms with E-state index < -0.39 is 0 Å². The van der Waals surface area contributed by atoms with Crippen LogP contribution in [0.3, 0.4) is 0 Å². The van der Waals surface area contributed by atoms with Gasteiger partial charge in [-0.2, -0.15) is 0 Å². The van der Waals surface area contributed by atoms with Crippen molar-refractivity contribution in [3.63, 3.8) is 0 Å². The van der Waals surface area contributed by atoms with Crippen LogP contribution in [0.5, 0.6) is 0 Å². The second-order valence-corrected chi connectivity index (χ2v) is 12.4. The first kappa shape index (κ1) is 28.2. The van der Waals surface area contributed by atoms with Crippen molar-refractivity contribution in [2.45, 2.75) is 0 Å². The van der Waals surface area contributed by atoms with Gasteiger partial charge < -0.3 is 8.98 Å². The molecule has 10 rings (SSSR count). The lowest BCUT2D eigenvalue weighted by Crippen LogP contribution is -2.03. The van der Waals surface area contributed by atoms with Crippen LogP contribution >= 0.6 is 0 Å². The van der Waals surface area contributed by atoms with Crippen molar-refractivity contribution in [2.24, 2.45) is 0 Å². The molecule has 0 radical (unpaired) electrons. The summed E-state index contributed by atoms with van der Waals surface area (Å²) in [6.07, 6.45) is 0. The number of rotatable bonds is 5. The van der Waals surface area contributed by atoms with Crippen LogP contribution in [0.1, 0.15) is 0 Å². The van der Waals surface area contributed by atoms with Crippen LogP contribution in [-0.2, 0) is 0 Å². The first-order valence-electron chi connectivity index (χ1n) is 16.7. The molecule has 0 atom stereocenters. The molecular formula is C45H28N4O. The van der Waals surface area contributed by atoms with E-state index >= 15 is 0 Å². The van der Waals surface area contributed by atoms with Gasteiger partial charge in [0.2, 0.25) is 0 Å². The molecular weight excluding hydrogens is 613 g/mol. The van der Waals surface area contributed by atoms with E-state index in [-0.39, 0.29) is 0 Å². The molecule has 0 fully saturated rings. The third-order valence-corrected chi connectivity index (χ3v) is 9.48. The standard InChI is InChI=1S/C45H28N4O/c1-3-14-29(15-4-1)31-26-27-33-32-18-7-10-22-37(32)49(39(33)28-31)38-23-11-8-19-34(38)44-46-43(30-16-5-2-6-17-30)47-45(48-44)36-21-13-25-41-42(36)35-20-9-12-24-40(35)50-41/h1-28H. The number of benzene rings is 7. The Morgan fingerprint density at radius 2 is 0.980 bits per heavy atom. The SMILES string of the molecule is c1ccc(-c2ccc3c4ccccc4n(-c4ccccc4-c4nc(-c5ccccc5)nc(-c5cccc6oc7ccccc7c56)n4)c3c2)cc1. The van der Waals surface area contributed by atoms with Crippen LogP contribution in [0.2, 0.25) is 0 Å². The summed E-state index contributed by atoms with van der Waals surface area (Å²) in [5, 5.41) is 4.40. The van der Waals surface area contributed by atoms with E-state index in [1.54, 1.807) is 0 Å². The molecule has 0 aliphatic rings. The van der Waals surface area contributed by atoms with E-state index in [0.717, 1.165) is 60.9 Å². The van der Waals surface area contributed by atoms with Crippen molar-refractivity contribution in [3.8, 4) is 51.0 Å². The summed E-state index contributed by atoms with van der Waals surface area (Å²) in [5.41, 5.74) is 9.92. The fourth-order valence-corrected chi connectivity index (χ4v) is 7.19. The molecule has 7 aromatic carbocycles. The maximum Gasteiger partial charge on any atom is 0.166 e. The second kappa shape index (κ2) is 11.4. The summed E-state index contributed by atoms with van der Waals surface area (Å²) in [6, 6.07) is 58.6. The van der Waals surface area contributed by atoms with Crippen LogP contribution < -0.4 is 0 Å². The van der Waals surface area contributed by atoms with Gasteiger partial charge >= 0.3 is 0 Å². The number of hydrogen-bond acceptors (Lipinski definition) is 4. The summed E-state index contributed by atoms with van der Waals surface area (Å²) in [6.45, 7) is 0. The van der Waals surface area contributed by atoms with Gasteiger partial charge in [0.25, 0.3) is 0 Å². The molecule has 3 heterocycles. The van der Waals surface area contributed by atoms with E-state index in [2.05, 4.69) is 114 Å². The fourth-order valence-electron chi connectivity index (χ4n) is 7.19. The van der Waals surface area contributed by atoms with E-state index in [0.29, 0.717) is 17.5 Å². The van der Waals surface area contributed by atoms with E-state index in [9.17, 15) is 0 Å². The Labute approximate surface area is 287 Å². The number of furan rings is 1. The average Bonchev–Trinajstić information content (AvgIpc) is 3.74. The highest BCUT2D eigenvalue weighted by Crippen LogP contribution is 2.39. The second-order valence-electron chi connectivity index (χ2n) is 12.4. The third kappa shape index (κ3) is 4.52. The molecule has 50 heavy (non-hydrogen) atoms. The van der Waals surface area contributed by atoms with Crippen molar-refractivity contribution in [1.82, 2.24) is 19.5 Å². The highest BCUT2D eigenvalue weighted by atomic mass is 16.3. The van der Waals surface area contributed by atoms with Gasteiger partial charge in [0.15, 0.2) is 17.5 Å². The van der Waals surface area contributed by atoms with Gasteiger partial charge in [-0.25, -0.2) is 15.0 Å². The smallest absolute Gasteiger partial charge is 0.166 e. The summed E-state index contributed by atoms with van der Waals surface area (Å²) in [5.74, 6) is 1.80. The van der Waals surface area contributed by atoms with Crippen molar-refractivity contribution >= 4 is 43.7 Å². The Morgan fingerprint density at radius 1 is 0.380 bits per heavy atom. The maximum atomic E-state index is 6.26. The highest BCUT2D eigenvalue weighted by molar-refractivity contribution is 6.12. The molecule has 0 spiro atoms. The minimum Gasteiger partial charge on any atom is -0.456 e. The van der Waals surface area contributed by atoms with Gasteiger partial charge in [0.1, 0.15) is 11.2 Å². The number of hydrogen-bond donors (Lipinski definition) is 0. The number of para-hydroxylation sites is 3. The molecule has 0 unspecified atom stereocenters. The van der Waals surface area contributed by atoms with Crippen molar-refractivity contribution in [3.05, 3.63) is 170 Å². The molecule has 5 nitrogen and oxygen atoms in total. The lowest BCUT2D eigenvalue weighted by Gasteiger charge is -2.15. The van der Waals surface area contributed by atoms with E-state index in [1.165, 1.54) is 16.3 Å². The van der Waals surface area contributed by atoms with Crippen LogP contribution in [0.25, 0.3) is 94.7 Å². The molecule has 234 valence electrons. The Bertz CT molecular complexity index is 2870. The minimum atomic E-state index is 0.592. The Morgan fingerprint density at radius 3 is 1.82 bits per heavy atom. The number of nitrogens with zero attached hydrogens (tertiary/aromatic N) is 4. The predicted molar refractivity (Wildman–Crippen MR) is 203 cm³/mol. The summed E-state index contributed by atoms with van der Waals surface area (Å²) in [7, 11) is 0. The topological polar surface area (TPSA) is 56.7 Å². The molecule has 0 bridgehead atoms. The zero-order chi connectivity index (χ0) is 33.0. The van der Waals surface area contributed by atoms with Gasteiger partial charge in [0, 0.05) is 38.2 Å². The zero-order valence-corrected chi connectivity index (χ0v) is 26.9. The third-order valence-electron chi connectivity index (χ3n) is 9.48. The minimum absolute atomic E-state index is 0.592. The number of fused-ring (bicyclic) bond motifs is 6. The lowest BCUT2D eigenvalue weighted by molar-refractivity contribution is 0.669. The van der Waals surface area contributed by atoms with Crippen molar-refractivity contribution in [1.29, 1.82) is 0 Å². The first-order chi connectivity index (χ1) is 24.8. The lowest BCUT2D eigenvalue weighted by atomic mass is 10.0. The van der Waals surface area contributed by atoms with Gasteiger partial charge in [0.05, 0.1) is 16.7 Å². The summed E-state index contributed by atoms with van der Waals surface area (Å²) < 4.78 is 8.61. The monoisotopic (exact) mass is 640 g/mol. The number of aromatic nitrogens is 4. The van der Waals surface area contributed by atoms with Gasteiger partial charge in [-0.05, 0) is 47.5 Å². The Hall–Kier alpha value is -6.85. The van der Waals surface area contributed by atoms with E-state index in [4.69, 9.17) is 19.4 Å². The van der Waals surface area contributed by atoms with E-state index in [1.807, 2.05) is 60.7 Å². The molecule has 0 amide bonds. The molecule has 0 saturated heterocycles. The normalized spacial score (nSPS) is 11.6. The van der Waals surface area contributed by atoms with Crippen LogP contribution in [0, 0.1) is 0 Å². The quantitative estimate of drug-likeness (QED) is 0.188. The Kier molecular flexibility index (Phi) is 6.42. The summed E-state index contributed by atoms with van der Waals surface area (Å²) >= 11 is 0. The molecule has 0 aliphatic heterocycles. The fraction of sp³-hybridized carbons (Fsp3) is 0. The van der Waals surface area contributed by atoms with Crippen molar-refractivity contribution < 1.29 is 4.42 Å². The summed E-state index contributed by atoms with van der Waals surface area (Å²) in [4.78, 5) is 15.5. The molecule has 3 aromatic heterocycles. The highest BCUT2D eigenvalue weighted by Gasteiger charge is 2.21. The molecule has 0 saturated carbocycles.